The topological polar surface area (TPSA) is 65.0 Å². The van der Waals surface area contributed by atoms with E-state index in [1.54, 1.807) is 6.07 Å². The Balaban J connectivity index is 1.55. The Morgan fingerprint density at radius 3 is 2.51 bits per heavy atom. The molecule has 8 heteroatoms. The second-order valence-electron chi connectivity index (χ2n) is 8.47. The fraction of sp³-hybridized carbons (Fsp3) is 0.296. The first-order valence-corrected chi connectivity index (χ1v) is 12.4. The van der Waals surface area contributed by atoms with E-state index in [1.807, 2.05) is 78.6 Å². The van der Waals surface area contributed by atoms with Gasteiger partial charge in [0.1, 0.15) is 12.4 Å². The molecule has 184 valence electrons. The minimum Gasteiger partial charge on any atom is -0.491 e. The fourth-order valence-electron chi connectivity index (χ4n) is 4.30. The van der Waals surface area contributed by atoms with Gasteiger partial charge in [0, 0.05) is 30.7 Å². The van der Waals surface area contributed by atoms with Crippen LogP contribution in [0.25, 0.3) is 0 Å². The predicted octanol–water partition coefficient (Wildman–Crippen LogP) is 5.70. The lowest BCUT2D eigenvalue weighted by Gasteiger charge is -2.43. The van der Waals surface area contributed by atoms with E-state index < -0.39 is 0 Å². The number of carbonyl (C=O) groups is 1. The van der Waals surface area contributed by atoms with Crippen LogP contribution in [0.4, 0.5) is 10.5 Å². The molecule has 6 nitrogen and oxygen atoms in total. The molecule has 4 rings (SSSR count). The highest BCUT2D eigenvalue weighted by atomic mass is 35.5. The molecular weight excluding hydrogens is 485 g/mol. The second-order valence-corrected chi connectivity index (χ2v) is 9.32. The number of halogens is 2. The maximum Gasteiger partial charge on any atom is 0.318 e. The van der Waals surface area contributed by atoms with Crippen molar-refractivity contribution in [3.8, 4) is 5.75 Å². The monoisotopic (exact) mass is 513 g/mol. The highest BCUT2D eigenvalue weighted by Gasteiger charge is 2.32. The molecule has 0 aliphatic carbocycles. The van der Waals surface area contributed by atoms with Crippen LogP contribution in [0, 0.1) is 0 Å². The molecule has 0 unspecified atom stereocenters. The molecule has 2 amide bonds. The summed E-state index contributed by atoms with van der Waals surface area (Å²) in [5, 5.41) is 13.3. The maximum atomic E-state index is 13.2. The second kappa shape index (κ2) is 11.7. The van der Waals surface area contributed by atoms with E-state index in [-0.39, 0.29) is 31.3 Å². The van der Waals surface area contributed by atoms with Crippen molar-refractivity contribution in [3.63, 3.8) is 0 Å². The van der Waals surface area contributed by atoms with Crippen molar-refractivity contribution in [1.82, 2.24) is 10.2 Å². The summed E-state index contributed by atoms with van der Waals surface area (Å²) in [7, 11) is 0. The summed E-state index contributed by atoms with van der Waals surface area (Å²) in [6, 6.07) is 22.8. The van der Waals surface area contributed by atoms with Crippen molar-refractivity contribution in [2.75, 3.05) is 37.7 Å². The zero-order valence-electron chi connectivity index (χ0n) is 19.5. The molecule has 0 saturated carbocycles. The molecule has 1 heterocycles. The molecule has 1 aliphatic rings. The number of amides is 2. The number of nitrogens with zero attached hydrogens (tertiary/aromatic N) is 2. The molecule has 0 bridgehead atoms. The lowest BCUT2D eigenvalue weighted by Crippen LogP contribution is -2.53. The van der Waals surface area contributed by atoms with Crippen LogP contribution >= 0.6 is 23.2 Å². The van der Waals surface area contributed by atoms with Gasteiger partial charge in [-0.3, -0.25) is 0 Å². The van der Waals surface area contributed by atoms with E-state index in [9.17, 15) is 4.79 Å². The summed E-state index contributed by atoms with van der Waals surface area (Å²) >= 11 is 12.8. The lowest BCUT2D eigenvalue weighted by atomic mass is 10.0. The van der Waals surface area contributed by atoms with Gasteiger partial charge in [-0.25, -0.2) is 4.79 Å². The van der Waals surface area contributed by atoms with Crippen LogP contribution in [0.3, 0.4) is 0 Å². The average molecular weight is 514 g/mol. The van der Waals surface area contributed by atoms with E-state index in [1.165, 1.54) is 0 Å². The summed E-state index contributed by atoms with van der Waals surface area (Å²) in [4.78, 5) is 17.2. The van der Waals surface area contributed by atoms with E-state index in [4.69, 9.17) is 33.0 Å². The van der Waals surface area contributed by atoms with Crippen LogP contribution in [-0.2, 0) is 0 Å². The largest absolute Gasteiger partial charge is 0.491 e. The van der Waals surface area contributed by atoms with E-state index in [0.717, 1.165) is 16.8 Å². The number of hydrogen-bond acceptors (Lipinski definition) is 4. The molecule has 0 spiro atoms. The Morgan fingerprint density at radius 1 is 1.09 bits per heavy atom. The van der Waals surface area contributed by atoms with Crippen molar-refractivity contribution in [2.45, 2.75) is 19.0 Å². The Hall–Kier alpha value is -2.93. The van der Waals surface area contributed by atoms with Crippen molar-refractivity contribution in [1.29, 1.82) is 0 Å². The van der Waals surface area contributed by atoms with Crippen LogP contribution in [0.15, 0.2) is 72.8 Å². The molecule has 0 radical (unpaired) electrons. The Bertz CT molecular complexity index is 1130. The number of aliphatic hydroxyl groups excluding tert-OH is 1. The maximum absolute atomic E-state index is 13.2. The average Bonchev–Trinajstić information content (AvgIpc) is 2.88. The van der Waals surface area contributed by atoms with Crippen molar-refractivity contribution in [2.24, 2.45) is 0 Å². The molecule has 1 fully saturated rings. The van der Waals surface area contributed by atoms with Gasteiger partial charge in [0.2, 0.25) is 0 Å². The number of piperazine rings is 1. The van der Waals surface area contributed by atoms with E-state index >= 15 is 0 Å². The normalized spacial score (nSPS) is 16.6. The van der Waals surface area contributed by atoms with Crippen LogP contribution in [0.2, 0.25) is 10.0 Å². The van der Waals surface area contributed by atoms with Gasteiger partial charge in [0.15, 0.2) is 0 Å². The number of carbonyl (C=O) groups excluding carboxylic acids is 1. The van der Waals surface area contributed by atoms with Gasteiger partial charge in [-0.05, 0) is 42.3 Å². The molecule has 1 aliphatic heterocycles. The number of hydrogen-bond donors (Lipinski definition) is 2. The summed E-state index contributed by atoms with van der Waals surface area (Å²) < 4.78 is 5.50. The molecular formula is C27H29Cl2N3O3. The first kappa shape index (κ1) is 25.2. The molecule has 35 heavy (non-hydrogen) atoms. The zero-order chi connectivity index (χ0) is 24.8. The van der Waals surface area contributed by atoms with Gasteiger partial charge in [-0.1, -0.05) is 65.7 Å². The third-order valence-electron chi connectivity index (χ3n) is 6.15. The minimum absolute atomic E-state index is 0.0646. The number of nitrogens with one attached hydrogen (secondary N) is 1. The van der Waals surface area contributed by atoms with Crippen LogP contribution < -0.4 is 15.0 Å². The molecule has 1 saturated heterocycles. The van der Waals surface area contributed by atoms with Gasteiger partial charge in [-0.15, -0.1) is 0 Å². The third-order valence-corrected chi connectivity index (χ3v) is 6.71. The fourth-order valence-corrected chi connectivity index (χ4v) is 4.71. The molecule has 2 N–H and O–H groups in total. The van der Waals surface area contributed by atoms with Crippen molar-refractivity contribution >= 4 is 34.9 Å². The zero-order valence-corrected chi connectivity index (χ0v) is 21.0. The Kier molecular flexibility index (Phi) is 8.39. The highest BCUT2D eigenvalue weighted by Crippen LogP contribution is 2.37. The van der Waals surface area contributed by atoms with Crippen LogP contribution in [-0.4, -0.2) is 48.9 Å². The third kappa shape index (κ3) is 6.20. The standard InChI is InChI=1S/C27H29Cl2N3O3/c1-19(20-5-3-2-4-6-20)30-27(34)31-13-14-32(26(18-31)21-7-9-22(28)10-8-21)25-12-11-23(17-24(25)29)35-16-15-33/h2-12,17,19,26,33H,13-16,18H2,1H3,(H,30,34)/t19-,26+/m1/s1. The van der Waals surface area contributed by atoms with E-state index in [2.05, 4.69) is 10.2 Å². The SMILES string of the molecule is C[C@@H](NC(=O)N1CCN(c2ccc(OCCO)cc2Cl)[C@H](c2ccc(Cl)cc2)C1)c1ccccc1. The minimum atomic E-state index is -0.111. The first-order chi connectivity index (χ1) is 17.0. The van der Waals surface area contributed by atoms with Gasteiger partial charge in [0.05, 0.1) is 29.4 Å². The summed E-state index contributed by atoms with van der Waals surface area (Å²) in [6.07, 6.45) is 0. The number of ether oxygens (including phenoxy) is 1. The lowest BCUT2D eigenvalue weighted by molar-refractivity contribution is 0.182. The quantitative estimate of drug-likeness (QED) is 0.425. The summed E-state index contributed by atoms with van der Waals surface area (Å²) in [6.45, 7) is 3.78. The predicted molar refractivity (Wildman–Crippen MR) is 141 cm³/mol. The number of anilines is 1. The van der Waals surface area contributed by atoms with Gasteiger partial charge in [-0.2, -0.15) is 0 Å². The molecule has 2 atom stereocenters. The molecule has 3 aromatic rings. The van der Waals surface area contributed by atoms with E-state index in [0.29, 0.717) is 35.4 Å². The molecule has 0 aromatic heterocycles. The summed E-state index contributed by atoms with van der Waals surface area (Å²) in [5.41, 5.74) is 2.96. The van der Waals surface area contributed by atoms with Crippen molar-refractivity contribution in [3.05, 3.63) is 94.0 Å². The first-order valence-electron chi connectivity index (χ1n) is 11.6. The Morgan fingerprint density at radius 2 is 1.83 bits per heavy atom. The van der Waals surface area contributed by atoms with Gasteiger partial charge >= 0.3 is 6.03 Å². The van der Waals surface area contributed by atoms with Gasteiger partial charge in [0.25, 0.3) is 0 Å². The van der Waals surface area contributed by atoms with Gasteiger partial charge < -0.3 is 25.0 Å². The van der Waals surface area contributed by atoms with Crippen LogP contribution in [0.5, 0.6) is 5.75 Å². The number of benzene rings is 3. The number of rotatable bonds is 7. The van der Waals surface area contributed by atoms with Crippen molar-refractivity contribution < 1.29 is 14.6 Å². The summed E-state index contributed by atoms with van der Waals surface area (Å²) in [5.74, 6) is 0.601. The smallest absolute Gasteiger partial charge is 0.318 e. The Labute approximate surface area is 216 Å². The number of aliphatic hydroxyl groups is 1. The number of urea groups is 1. The highest BCUT2D eigenvalue weighted by molar-refractivity contribution is 6.33. The molecule has 3 aromatic carbocycles. The van der Waals surface area contributed by atoms with Crippen LogP contribution in [0.1, 0.15) is 30.1 Å².